The topological polar surface area (TPSA) is 12.5 Å². The van der Waals surface area contributed by atoms with E-state index >= 15 is 0 Å². The summed E-state index contributed by atoms with van der Waals surface area (Å²) in [7, 11) is 1.74. The molecule has 22 heavy (non-hydrogen) atoms. The van der Waals surface area contributed by atoms with Crippen LogP contribution in [0.2, 0.25) is 0 Å². The number of halogens is 1. The first-order chi connectivity index (χ1) is 10.8. The molecule has 1 aromatic heterocycles. The first kappa shape index (κ1) is 14.6. The number of methoxy groups -OCH3 is 1. The Morgan fingerprint density at radius 2 is 2.23 bits per heavy atom. The van der Waals surface area contributed by atoms with Gasteiger partial charge in [-0.05, 0) is 47.7 Å². The lowest BCUT2D eigenvalue weighted by molar-refractivity contribution is 0.162. The monoisotopic (exact) mass is 333 g/mol. The first-order valence-electron chi connectivity index (χ1n) is 7.86. The molecule has 3 heterocycles. The Balaban J connectivity index is 1.66. The Labute approximate surface area is 140 Å². The van der Waals surface area contributed by atoms with Crippen LogP contribution >= 0.6 is 22.9 Å². The van der Waals surface area contributed by atoms with Gasteiger partial charge in [-0.25, -0.2) is 0 Å². The fraction of sp³-hybridized carbons (Fsp3) is 0.444. The summed E-state index contributed by atoms with van der Waals surface area (Å²) in [5.74, 6) is 1.69. The van der Waals surface area contributed by atoms with Crippen LogP contribution in [-0.4, -0.2) is 24.4 Å². The molecule has 1 unspecified atom stereocenters. The normalized spacial score (nSPS) is 20.2. The molecule has 2 aromatic rings. The fourth-order valence-electron chi connectivity index (χ4n) is 3.74. The number of aryl methyl sites for hydroxylation is 1. The Morgan fingerprint density at radius 3 is 3.05 bits per heavy atom. The highest BCUT2D eigenvalue weighted by molar-refractivity contribution is 7.12. The standard InChI is InChI=1S/C18H20ClNOS/c1-21-14-2-3-16-12(8-14)5-7-20-11-13-9-15(4-6-19)22-18(13)10-17(16)20/h2-3,8-9,17H,4-7,10-11H2,1H3. The second-order valence-corrected chi connectivity index (χ2v) is 7.70. The van der Waals surface area contributed by atoms with Crippen molar-refractivity contribution < 1.29 is 4.74 Å². The van der Waals surface area contributed by atoms with Crippen LogP contribution in [0.1, 0.15) is 32.5 Å². The number of benzene rings is 1. The Kier molecular flexibility index (Phi) is 3.89. The third kappa shape index (κ3) is 2.45. The maximum atomic E-state index is 5.90. The average molecular weight is 334 g/mol. The van der Waals surface area contributed by atoms with Gasteiger partial charge in [-0.1, -0.05) is 6.07 Å². The lowest BCUT2D eigenvalue weighted by Gasteiger charge is -2.40. The Hall–Kier alpha value is -1.03. The third-order valence-electron chi connectivity index (χ3n) is 4.86. The second kappa shape index (κ2) is 5.88. The van der Waals surface area contributed by atoms with Crippen LogP contribution in [-0.2, 0) is 25.8 Å². The number of rotatable bonds is 3. The maximum Gasteiger partial charge on any atom is 0.119 e. The summed E-state index contributed by atoms with van der Waals surface area (Å²) in [6.07, 6.45) is 3.26. The summed E-state index contributed by atoms with van der Waals surface area (Å²) < 4.78 is 5.38. The minimum atomic E-state index is 0.532. The summed E-state index contributed by atoms with van der Waals surface area (Å²) in [6, 6.07) is 9.50. The van der Waals surface area contributed by atoms with Gasteiger partial charge >= 0.3 is 0 Å². The van der Waals surface area contributed by atoms with E-state index in [1.165, 1.54) is 21.6 Å². The van der Waals surface area contributed by atoms with Crippen LogP contribution in [0.3, 0.4) is 0 Å². The number of hydrogen-bond donors (Lipinski definition) is 0. The molecule has 0 amide bonds. The van der Waals surface area contributed by atoms with Gasteiger partial charge in [-0.3, -0.25) is 4.90 Å². The van der Waals surface area contributed by atoms with Gasteiger partial charge in [0.05, 0.1) is 7.11 Å². The SMILES string of the molecule is COc1ccc2c(c1)CCN1Cc3cc(CCCl)sc3CC21. The average Bonchev–Trinajstić information content (AvgIpc) is 2.93. The molecule has 0 saturated heterocycles. The number of fused-ring (bicyclic) bond motifs is 4. The zero-order valence-corrected chi connectivity index (χ0v) is 14.3. The molecule has 1 aromatic carbocycles. The molecule has 0 fully saturated rings. The van der Waals surface area contributed by atoms with Crippen molar-refractivity contribution in [3.8, 4) is 5.75 Å². The van der Waals surface area contributed by atoms with Gasteiger partial charge < -0.3 is 4.74 Å². The number of nitrogens with zero attached hydrogens (tertiary/aromatic N) is 1. The zero-order valence-electron chi connectivity index (χ0n) is 12.8. The molecular formula is C18H20ClNOS. The molecule has 4 rings (SSSR count). The summed E-state index contributed by atoms with van der Waals surface area (Å²) in [5.41, 5.74) is 4.48. The van der Waals surface area contributed by atoms with Gasteiger partial charge in [0, 0.05) is 41.2 Å². The van der Waals surface area contributed by atoms with Crippen molar-refractivity contribution in [1.29, 1.82) is 0 Å². The number of hydrogen-bond acceptors (Lipinski definition) is 3. The van der Waals surface area contributed by atoms with Crippen molar-refractivity contribution in [1.82, 2.24) is 4.90 Å². The summed E-state index contributed by atoms with van der Waals surface area (Å²) in [6.45, 7) is 2.23. The third-order valence-corrected chi connectivity index (χ3v) is 6.31. The van der Waals surface area contributed by atoms with Gasteiger partial charge in [0.1, 0.15) is 5.75 Å². The van der Waals surface area contributed by atoms with Crippen LogP contribution in [0.5, 0.6) is 5.75 Å². The quantitative estimate of drug-likeness (QED) is 0.781. The van der Waals surface area contributed by atoms with E-state index in [0.717, 1.165) is 44.0 Å². The van der Waals surface area contributed by atoms with E-state index in [1.54, 1.807) is 12.0 Å². The highest BCUT2D eigenvalue weighted by Gasteiger charge is 2.33. The second-order valence-electron chi connectivity index (χ2n) is 6.11. The van der Waals surface area contributed by atoms with Crippen molar-refractivity contribution in [3.63, 3.8) is 0 Å². The summed E-state index contributed by atoms with van der Waals surface area (Å²) in [4.78, 5) is 5.63. The molecule has 116 valence electrons. The van der Waals surface area contributed by atoms with E-state index in [4.69, 9.17) is 16.3 Å². The molecule has 0 radical (unpaired) electrons. The van der Waals surface area contributed by atoms with E-state index in [9.17, 15) is 0 Å². The molecule has 0 N–H and O–H groups in total. The maximum absolute atomic E-state index is 5.90. The molecule has 2 aliphatic rings. The lowest BCUT2D eigenvalue weighted by atomic mass is 9.87. The van der Waals surface area contributed by atoms with Gasteiger partial charge in [-0.15, -0.1) is 22.9 Å². The summed E-state index contributed by atoms with van der Waals surface area (Å²) >= 11 is 7.86. The van der Waals surface area contributed by atoms with Gasteiger partial charge in [-0.2, -0.15) is 0 Å². The van der Waals surface area contributed by atoms with E-state index in [0.29, 0.717) is 6.04 Å². The van der Waals surface area contributed by atoms with Gasteiger partial charge in [0.15, 0.2) is 0 Å². The van der Waals surface area contributed by atoms with Crippen molar-refractivity contribution >= 4 is 22.9 Å². The molecule has 0 spiro atoms. The van der Waals surface area contributed by atoms with Gasteiger partial charge in [0.25, 0.3) is 0 Å². The molecule has 1 atom stereocenters. The highest BCUT2D eigenvalue weighted by atomic mass is 35.5. The number of alkyl halides is 1. The van der Waals surface area contributed by atoms with Crippen LogP contribution in [0.15, 0.2) is 24.3 Å². The molecule has 0 saturated carbocycles. The predicted octanol–water partition coefficient (Wildman–Crippen LogP) is 4.19. The number of ether oxygens (including phenoxy) is 1. The minimum Gasteiger partial charge on any atom is -0.497 e. The van der Waals surface area contributed by atoms with Crippen molar-refractivity contribution in [2.24, 2.45) is 0 Å². The van der Waals surface area contributed by atoms with Gasteiger partial charge in [0.2, 0.25) is 0 Å². The van der Waals surface area contributed by atoms with Crippen molar-refractivity contribution in [3.05, 3.63) is 50.7 Å². The smallest absolute Gasteiger partial charge is 0.119 e. The molecule has 0 bridgehead atoms. The lowest BCUT2D eigenvalue weighted by Crippen LogP contribution is -2.38. The molecule has 2 aliphatic heterocycles. The Morgan fingerprint density at radius 1 is 1.32 bits per heavy atom. The molecular weight excluding hydrogens is 314 g/mol. The van der Waals surface area contributed by atoms with E-state index in [1.807, 2.05) is 11.3 Å². The highest BCUT2D eigenvalue weighted by Crippen LogP contribution is 2.41. The van der Waals surface area contributed by atoms with E-state index < -0.39 is 0 Å². The van der Waals surface area contributed by atoms with E-state index in [2.05, 4.69) is 29.2 Å². The van der Waals surface area contributed by atoms with E-state index in [-0.39, 0.29) is 0 Å². The largest absolute Gasteiger partial charge is 0.497 e. The predicted molar refractivity (Wildman–Crippen MR) is 92.3 cm³/mol. The zero-order chi connectivity index (χ0) is 15.1. The summed E-state index contributed by atoms with van der Waals surface area (Å²) in [5, 5.41) is 0. The minimum absolute atomic E-state index is 0.532. The molecule has 2 nitrogen and oxygen atoms in total. The molecule has 4 heteroatoms. The van der Waals surface area contributed by atoms with Crippen LogP contribution in [0.4, 0.5) is 0 Å². The van der Waals surface area contributed by atoms with Crippen LogP contribution in [0, 0.1) is 0 Å². The Bertz CT molecular complexity index is 696. The van der Waals surface area contributed by atoms with Crippen molar-refractivity contribution in [2.75, 3.05) is 19.5 Å². The van der Waals surface area contributed by atoms with Crippen molar-refractivity contribution in [2.45, 2.75) is 31.8 Å². The van der Waals surface area contributed by atoms with Crippen LogP contribution < -0.4 is 4.74 Å². The molecule has 0 aliphatic carbocycles. The first-order valence-corrected chi connectivity index (χ1v) is 9.21. The fourth-order valence-corrected chi connectivity index (χ4v) is 5.27. The number of thiophene rings is 1. The van der Waals surface area contributed by atoms with Crippen LogP contribution in [0.25, 0.3) is 0 Å².